The fraction of sp³-hybridized carbons (Fsp3) is 0.821. The summed E-state index contributed by atoms with van der Waals surface area (Å²) in [5.41, 5.74) is 0. The van der Waals surface area contributed by atoms with Crippen LogP contribution in [0.2, 0.25) is 0 Å². The molecule has 0 radical (unpaired) electrons. The van der Waals surface area contributed by atoms with E-state index in [1.54, 1.807) is 0 Å². The lowest BCUT2D eigenvalue weighted by Gasteiger charge is -2.40. The van der Waals surface area contributed by atoms with Crippen molar-refractivity contribution < 1.29 is 58.2 Å². The lowest BCUT2D eigenvalue weighted by molar-refractivity contribution is -0.301. The highest BCUT2D eigenvalue weighted by molar-refractivity contribution is 5.74. The minimum Gasteiger partial charge on any atom is -0.479 e. The van der Waals surface area contributed by atoms with Crippen molar-refractivity contribution in [3.05, 3.63) is 48.6 Å². The van der Waals surface area contributed by atoms with Crippen LogP contribution in [0, 0.1) is 0 Å². The van der Waals surface area contributed by atoms with Gasteiger partial charge in [-0.25, -0.2) is 4.79 Å². The summed E-state index contributed by atoms with van der Waals surface area (Å²) in [7, 11) is 0. The van der Waals surface area contributed by atoms with Gasteiger partial charge in [0.25, 0.3) is 0 Å². The quantitative estimate of drug-likeness (QED) is 0.0228. The molecule has 0 aromatic rings. The molecule has 12 nitrogen and oxygen atoms in total. The highest BCUT2D eigenvalue weighted by atomic mass is 16.7. The Morgan fingerprint density at radius 1 is 0.418 bits per heavy atom. The topological polar surface area (TPSA) is 175 Å². The van der Waals surface area contributed by atoms with Crippen LogP contribution in [0.15, 0.2) is 48.6 Å². The summed E-state index contributed by atoms with van der Waals surface area (Å²) in [4.78, 5) is 51.3. The molecule has 1 heterocycles. The van der Waals surface area contributed by atoms with Gasteiger partial charge in [-0.3, -0.25) is 14.4 Å². The molecule has 0 bridgehead atoms. The zero-order valence-electron chi connectivity index (χ0n) is 50.6. The van der Waals surface area contributed by atoms with E-state index in [0.29, 0.717) is 19.3 Å². The number of unbranched alkanes of at least 4 members (excludes halogenated alkanes) is 34. The van der Waals surface area contributed by atoms with Gasteiger partial charge in [0.2, 0.25) is 0 Å². The average molecular weight is 1120 g/mol. The van der Waals surface area contributed by atoms with Crippen molar-refractivity contribution in [2.24, 2.45) is 0 Å². The molecule has 1 fully saturated rings. The maximum atomic E-state index is 13.2. The molecule has 0 aliphatic carbocycles. The fourth-order valence-electron chi connectivity index (χ4n) is 9.85. The molecule has 1 aliphatic heterocycles. The molecule has 6 atom stereocenters. The van der Waals surface area contributed by atoms with Gasteiger partial charge in [0.15, 0.2) is 24.6 Å². The largest absolute Gasteiger partial charge is 0.479 e. The number of carbonyl (C=O) groups is 4. The number of rotatable bonds is 56. The van der Waals surface area contributed by atoms with E-state index >= 15 is 0 Å². The van der Waals surface area contributed by atoms with Gasteiger partial charge in [0.1, 0.15) is 18.8 Å². The van der Waals surface area contributed by atoms with Crippen molar-refractivity contribution in [2.45, 2.75) is 340 Å². The Morgan fingerprint density at radius 2 is 0.785 bits per heavy atom. The summed E-state index contributed by atoms with van der Waals surface area (Å²) in [6.45, 7) is 5.93. The van der Waals surface area contributed by atoms with Crippen molar-refractivity contribution >= 4 is 23.9 Å². The zero-order chi connectivity index (χ0) is 57.5. The molecule has 1 aliphatic rings. The summed E-state index contributed by atoms with van der Waals surface area (Å²) in [5, 5.41) is 31.6. The minimum atomic E-state index is -1.91. The normalized spacial score (nSPS) is 18.1. The lowest BCUT2D eigenvalue weighted by atomic mass is 9.98. The molecule has 0 aromatic carbocycles. The standard InChI is InChI=1S/C67H118O12/c1-4-7-10-13-16-19-22-25-27-29-30-32-33-36-38-41-44-47-50-53-59(68)75-56-58(77-60(69)54-51-48-45-42-39-35-24-21-18-15-12-9-6-3)57-76-67-65(63(72)62(71)64(79-67)66(73)74)78-61(70)55-52-49-46-43-40-37-34-31-28-26-23-20-17-14-11-8-5-2/h12,15,17,20-21,24,26,28,58,62-65,67,71-72H,4-11,13-14,16,18-19,22-23,25,27,29-57H2,1-3H3,(H,73,74)/b15-12-,20-17-,24-21-,28-26-. The molecule has 0 spiro atoms. The zero-order valence-corrected chi connectivity index (χ0v) is 50.6. The lowest BCUT2D eigenvalue weighted by Crippen LogP contribution is -2.61. The first-order chi connectivity index (χ1) is 38.6. The number of aliphatic hydroxyl groups is 2. The number of aliphatic carboxylic acids is 1. The second-order valence-corrected chi connectivity index (χ2v) is 22.4. The number of hydrogen-bond donors (Lipinski definition) is 3. The van der Waals surface area contributed by atoms with Crippen molar-refractivity contribution in [3.63, 3.8) is 0 Å². The molecule has 0 saturated carbocycles. The number of allylic oxidation sites excluding steroid dienone is 8. The van der Waals surface area contributed by atoms with Gasteiger partial charge in [0.05, 0.1) is 6.61 Å². The number of hydrogen-bond acceptors (Lipinski definition) is 11. The van der Waals surface area contributed by atoms with E-state index in [-0.39, 0.29) is 25.9 Å². The van der Waals surface area contributed by atoms with Gasteiger partial charge >= 0.3 is 23.9 Å². The van der Waals surface area contributed by atoms with E-state index in [2.05, 4.69) is 69.4 Å². The van der Waals surface area contributed by atoms with E-state index in [4.69, 9.17) is 23.7 Å². The molecule has 6 unspecified atom stereocenters. The average Bonchev–Trinajstić information content (AvgIpc) is 3.44. The van der Waals surface area contributed by atoms with Crippen LogP contribution in [-0.2, 0) is 42.9 Å². The maximum absolute atomic E-state index is 13.2. The van der Waals surface area contributed by atoms with Gasteiger partial charge in [-0.15, -0.1) is 0 Å². The number of carboxylic acid groups (broad SMARTS) is 1. The van der Waals surface area contributed by atoms with Crippen LogP contribution >= 0.6 is 0 Å². The Bertz CT molecular complexity index is 1560. The number of esters is 3. The predicted octanol–water partition coefficient (Wildman–Crippen LogP) is 17.3. The molecule has 458 valence electrons. The van der Waals surface area contributed by atoms with Gasteiger partial charge in [-0.05, 0) is 77.0 Å². The highest BCUT2D eigenvalue weighted by Crippen LogP contribution is 2.27. The molecule has 3 N–H and O–H groups in total. The summed E-state index contributed by atoms with van der Waals surface area (Å²) < 4.78 is 28.5. The molecule has 0 aromatic heterocycles. The summed E-state index contributed by atoms with van der Waals surface area (Å²) in [6.07, 6.45) is 55.0. The van der Waals surface area contributed by atoms with Crippen molar-refractivity contribution in [1.29, 1.82) is 0 Å². The van der Waals surface area contributed by atoms with Gasteiger partial charge < -0.3 is 39.0 Å². The summed E-state index contributed by atoms with van der Waals surface area (Å²) in [6, 6.07) is 0. The third kappa shape index (κ3) is 45.0. The number of carbonyl (C=O) groups excluding carboxylic acids is 3. The van der Waals surface area contributed by atoms with E-state index < -0.39 is 67.3 Å². The maximum Gasteiger partial charge on any atom is 0.335 e. The Kier molecular flexibility index (Phi) is 51.5. The molecular formula is C67H118O12. The van der Waals surface area contributed by atoms with Crippen LogP contribution in [0.5, 0.6) is 0 Å². The highest BCUT2D eigenvalue weighted by Gasteiger charge is 2.50. The second-order valence-electron chi connectivity index (χ2n) is 22.4. The summed E-state index contributed by atoms with van der Waals surface area (Å²) >= 11 is 0. The Balaban J connectivity index is 2.63. The monoisotopic (exact) mass is 1110 g/mol. The number of carboxylic acids is 1. The van der Waals surface area contributed by atoms with Gasteiger partial charge in [-0.1, -0.05) is 256 Å². The molecule has 0 amide bonds. The molecular weight excluding hydrogens is 997 g/mol. The van der Waals surface area contributed by atoms with Crippen LogP contribution in [-0.4, -0.2) is 89.2 Å². The molecule has 1 saturated heterocycles. The SMILES string of the molecule is CCC/C=C\C/C=C\CCCCCCCC(=O)OC(COC(=O)CCCCCCCCCCCCCCCCCCCCC)COC1OC(C(=O)O)C(O)C(O)C1OC(=O)CCCCCCCCC/C=C\C/C=C\CCCCC. The van der Waals surface area contributed by atoms with Crippen LogP contribution in [0.3, 0.4) is 0 Å². The third-order valence-corrected chi connectivity index (χ3v) is 14.9. The number of aliphatic hydroxyl groups excluding tert-OH is 2. The van der Waals surface area contributed by atoms with Crippen LogP contribution < -0.4 is 0 Å². The first-order valence-electron chi connectivity index (χ1n) is 32.6. The third-order valence-electron chi connectivity index (χ3n) is 14.9. The van der Waals surface area contributed by atoms with Crippen LogP contribution in [0.4, 0.5) is 0 Å². The summed E-state index contributed by atoms with van der Waals surface area (Å²) in [5.74, 6) is -3.12. The van der Waals surface area contributed by atoms with Crippen molar-refractivity contribution in [2.75, 3.05) is 13.2 Å². The van der Waals surface area contributed by atoms with Gasteiger partial charge in [0, 0.05) is 19.3 Å². The number of ether oxygens (including phenoxy) is 5. The van der Waals surface area contributed by atoms with E-state index in [1.165, 1.54) is 116 Å². The Hall–Kier alpha value is -3.32. The van der Waals surface area contributed by atoms with E-state index in [1.807, 2.05) is 0 Å². The molecule has 12 heteroatoms. The van der Waals surface area contributed by atoms with Crippen LogP contribution in [0.25, 0.3) is 0 Å². The predicted molar refractivity (Wildman–Crippen MR) is 322 cm³/mol. The van der Waals surface area contributed by atoms with E-state index in [9.17, 15) is 34.5 Å². The Morgan fingerprint density at radius 3 is 1.22 bits per heavy atom. The van der Waals surface area contributed by atoms with Crippen molar-refractivity contribution in [3.8, 4) is 0 Å². The second kappa shape index (κ2) is 55.2. The van der Waals surface area contributed by atoms with Crippen LogP contribution in [0.1, 0.15) is 303 Å². The van der Waals surface area contributed by atoms with Gasteiger partial charge in [-0.2, -0.15) is 0 Å². The fourth-order valence-corrected chi connectivity index (χ4v) is 9.85. The first-order valence-corrected chi connectivity index (χ1v) is 32.6. The Labute approximate surface area is 482 Å². The minimum absolute atomic E-state index is 0.0516. The smallest absolute Gasteiger partial charge is 0.335 e. The molecule has 1 rings (SSSR count). The van der Waals surface area contributed by atoms with E-state index in [0.717, 1.165) is 128 Å². The van der Waals surface area contributed by atoms with Crippen molar-refractivity contribution in [1.82, 2.24) is 0 Å². The first kappa shape index (κ1) is 73.7. The molecule has 79 heavy (non-hydrogen) atoms.